The first-order valence-corrected chi connectivity index (χ1v) is 10.2. The van der Waals surface area contributed by atoms with Crippen LogP contribution in [0, 0.1) is 20.8 Å². The molecule has 2 aromatic rings. The van der Waals surface area contributed by atoms with E-state index < -0.39 is 0 Å². The minimum absolute atomic E-state index is 0. The number of rotatable bonds is 4. The summed E-state index contributed by atoms with van der Waals surface area (Å²) in [5.74, 6) is 2.15. The highest BCUT2D eigenvalue weighted by molar-refractivity contribution is 14.0. The summed E-state index contributed by atoms with van der Waals surface area (Å²) in [6.07, 6.45) is 0. The van der Waals surface area contributed by atoms with Crippen molar-refractivity contribution >= 4 is 47.2 Å². The molecule has 0 bridgehead atoms. The fourth-order valence-corrected chi connectivity index (χ4v) is 4.12. The Kier molecular flexibility index (Phi) is 8.63. The quantitative estimate of drug-likeness (QED) is 0.361. The summed E-state index contributed by atoms with van der Waals surface area (Å²) in [6, 6.07) is 6.09. The standard InChI is InChI=1S/C21H30ClN5O.HI/c1-14-6-7-18(22)12-19(14)26-8-10-27(11-9-26)21(23-5)24-13-15(2)20-16(3)25-28-17(20)4;/h6-7,12,15H,8-11,13H2,1-5H3,(H,23,24);1H. The number of benzene rings is 1. The number of aliphatic imine (C=N–C) groups is 1. The van der Waals surface area contributed by atoms with Crippen LogP contribution in [-0.2, 0) is 0 Å². The molecule has 1 aromatic heterocycles. The van der Waals surface area contributed by atoms with Crippen LogP contribution >= 0.6 is 35.6 Å². The molecule has 3 rings (SSSR count). The molecule has 0 spiro atoms. The lowest BCUT2D eigenvalue weighted by Gasteiger charge is -2.38. The van der Waals surface area contributed by atoms with Gasteiger partial charge in [-0.15, -0.1) is 24.0 Å². The predicted molar refractivity (Wildman–Crippen MR) is 131 cm³/mol. The first kappa shape index (κ1) is 23.8. The molecule has 1 aliphatic heterocycles. The zero-order chi connectivity index (χ0) is 20.3. The minimum atomic E-state index is 0. The lowest BCUT2D eigenvalue weighted by atomic mass is 10.00. The summed E-state index contributed by atoms with van der Waals surface area (Å²) >= 11 is 6.20. The smallest absolute Gasteiger partial charge is 0.193 e. The zero-order valence-electron chi connectivity index (χ0n) is 17.8. The molecule has 29 heavy (non-hydrogen) atoms. The molecule has 1 aliphatic rings. The molecule has 8 heteroatoms. The average molecular weight is 532 g/mol. The Labute approximate surface area is 195 Å². The SMILES string of the molecule is CN=C(NCC(C)c1c(C)noc1C)N1CCN(c2cc(Cl)ccc2C)CC1.I. The Morgan fingerprint density at radius 1 is 1.24 bits per heavy atom. The maximum atomic E-state index is 6.20. The van der Waals surface area contributed by atoms with Crippen LogP contribution in [0.5, 0.6) is 0 Å². The van der Waals surface area contributed by atoms with E-state index in [1.807, 2.05) is 27.0 Å². The van der Waals surface area contributed by atoms with Crippen molar-refractivity contribution in [3.8, 4) is 0 Å². The number of hydrogen-bond acceptors (Lipinski definition) is 4. The van der Waals surface area contributed by atoms with E-state index in [0.29, 0.717) is 5.92 Å². The van der Waals surface area contributed by atoms with E-state index >= 15 is 0 Å². The second kappa shape index (κ2) is 10.5. The number of nitrogens with zero attached hydrogens (tertiary/aromatic N) is 4. The van der Waals surface area contributed by atoms with E-state index in [9.17, 15) is 0 Å². The van der Waals surface area contributed by atoms with Gasteiger partial charge in [-0.05, 0) is 38.5 Å². The normalized spacial score (nSPS) is 15.9. The van der Waals surface area contributed by atoms with Gasteiger partial charge in [0.1, 0.15) is 5.76 Å². The van der Waals surface area contributed by atoms with Gasteiger partial charge in [-0.1, -0.05) is 29.7 Å². The average Bonchev–Trinajstić information content (AvgIpc) is 3.03. The topological polar surface area (TPSA) is 56.9 Å². The van der Waals surface area contributed by atoms with Gasteiger partial charge in [0, 0.05) is 62.0 Å². The van der Waals surface area contributed by atoms with Gasteiger partial charge in [0.25, 0.3) is 0 Å². The predicted octanol–water partition coefficient (Wildman–Crippen LogP) is 4.37. The molecule has 6 nitrogen and oxygen atoms in total. The molecule has 0 aliphatic carbocycles. The molecule has 0 radical (unpaired) electrons. The molecule has 1 aromatic carbocycles. The van der Waals surface area contributed by atoms with E-state index in [1.54, 1.807) is 0 Å². The summed E-state index contributed by atoms with van der Waals surface area (Å²) in [5.41, 5.74) is 4.63. The number of anilines is 1. The molecule has 1 fully saturated rings. The Bertz CT molecular complexity index is 826. The first-order chi connectivity index (χ1) is 13.4. The third-order valence-corrected chi connectivity index (χ3v) is 5.69. The highest BCUT2D eigenvalue weighted by Crippen LogP contribution is 2.25. The number of piperazine rings is 1. The molecular weight excluding hydrogens is 501 g/mol. The lowest BCUT2D eigenvalue weighted by molar-refractivity contribution is 0.371. The number of halogens is 2. The van der Waals surface area contributed by atoms with E-state index in [1.165, 1.54) is 16.8 Å². The fraction of sp³-hybridized carbons (Fsp3) is 0.524. The van der Waals surface area contributed by atoms with Crippen molar-refractivity contribution in [2.75, 3.05) is 44.7 Å². The molecule has 160 valence electrons. The molecule has 1 N–H and O–H groups in total. The largest absolute Gasteiger partial charge is 0.368 e. The van der Waals surface area contributed by atoms with Crippen molar-refractivity contribution in [2.24, 2.45) is 4.99 Å². The van der Waals surface area contributed by atoms with E-state index in [4.69, 9.17) is 16.1 Å². The highest BCUT2D eigenvalue weighted by Gasteiger charge is 2.22. The van der Waals surface area contributed by atoms with Crippen LogP contribution in [0.15, 0.2) is 27.7 Å². The summed E-state index contributed by atoms with van der Waals surface area (Å²) < 4.78 is 5.30. The second-order valence-corrected chi connectivity index (χ2v) is 7.91. The number of aromatic nitrogens is 1. The molecular formula is C21H31ClIN5O. The van der Waals surface area contributed by atoms with Crippen molar-refractivity contribution in [3.63, 3.8) is 0 Å². The second-order valence-electron chi connectivity index (χ2n) is 7.47. The van der Waals surface area contributed by atoms with Gasteiger partial charge < -0.3 is 19.6 Å². The number of guanidine groups is 1. The summed E-state index contributed by atoms with van der Waals surface area (Å²) in [4.78, 5) is 9.21. The van der Waals surface area contributed by atoms with Crippen LogP contribution in [0.4, 0.5) is 5.69 Å². The monoisotopic (exact) mass is 531 g/mol. The molecule has 0 amide bonds. The first-order valence-electron chi connectivity index (χ1n) is 9.80. The Hall–Kier alpha value is -1.48. The number of aryl methyl sites for hydroxylation is 3. The van der Waals surface area contributed by atoms with Gasteiger partial charge in [0.15, 0.2) is 5.96 Å². The van der Waals surface area contributed by atoms with Crippen molar-refractivity contribution in [3.05, 3.63) is 45.8 Å². The lowest BCUT2D eigenvalue weighted by Crippen LogP contribution is -2.53. The van der Waals surface area contributed by atoms with Crippen LogP contribution < -0.4 is 10.2 Å². The van der Waals surface area contributed by atoms with Crippen LogP contribution in [0.25, 0.3) is 0 Å². The van der Waals surface area contributed by atoms with Gasteiger partial charge in [-0.3, -0.25) is 4.99 Å². The van der Waals surface area contributed by atoms with Crippen LogP contribution in [0.1, 0.15) is 35.4 Å². The molecule has 1 unspecified atom stereocenters. The van der Waals surface area contributed by atoms with Gasteiger partial charge in [-0.25, -0.2) is 0 Å². The van der Waals surface area contributed by atoms with Crippen molar-refractivity contribution in [2.45, 2.75) is 33.6 Å². The van der Waals surface area contributed by atoms with E-state index in [0.717, 1.165) is 55.2 Å². The molecule has 1 atom stereocenters. The van der Waals surface area contributed by atoms with Gasteiger partial charge in [-0.2, -0.15) is 0 Å². The van der Waals surface area contributed by atoms with Crippen LogP contribution in [-0.4, -0.2) is 55.8 Å². The third kappa shape index (κ3) is 5.57. The van der Waals surface area contributed by atoms with Crippen molar-refractivity contribution < 1.29 is 4.52 Å². The molecule has 0 saturated carbocycles. The maximum absolute atomic E-state index is 6.20. The van der Waals surface area contributed by atoms with Crippen molar-refractivity contribution in [1.82, 2.24) is 15.4 Å². The van der Waals surface area contributed by atoms with Crippen LogP contribution in [0.2, 0.25) is 5.02 Å². The summed E-state index contributed by atoms with van der Waals surface area (Å²) in [7, 11) is 1.84. The minimum Gasteiger partial charge on any atom is -0.368 e. The highest BCUT2D eigenvalue weighted by atomic mass is 127. The molecule has 2 heterocycles. The fourth-order valence-electron chi connectivity index (χ4n) is 3.95. The van der Waals surface area contributed by atoms with Gasteiger partial charge in [0.05, 0.1) is 5.69 Å². The zero-order valence-corrected chi connectivity index (χ0v) is 20.9. The van der Waals surface area contributed by atoms with E-state index in [-0.39, 0.29) is 24.0 Å². The van der Waals surface area contributed by atoms with E-state index in [2.05, 4.69) is 51.2 Å². The summed E-state index contributed by atoms with van der Waals surface area (Å²) in [5, 5.41) is 8.38. The van der Waals surface area contributed by atoms with Gasteiger partial charge in [0.2, 0.25) is 0 Å². The Morgan fingerprint density at radius 3 is 2.52 bits per heavy atom. The Balaban J connectivity index is 0.00000300. The van der Waals surface area contributed by atoms with Gasteiger partial charge >= 0.3 is 0 Å². The Morgan fingerprint density at radius 2 is 1.93 bits per heavy atom. The summed E-state index contributed by atoms with van der Waals surface area (Å²) in [6.45, 7) is 12.8. The van der Waals surface area contributed by atoms with Crippen LogP contribution in [0.3, 0.4) is 0 Å². The third-order valence-electron chi connectivity index (χ3n) is 5.45. The van der Waals surface area contributed by atoms with Crippen molar-refractivity contribution in [1.29, 1.82) is 0 Å². The number of hydrogen-bond donors (Lipinski definition) is 1. The number of nitrogens with one attached hydrogen (secondary N) is 1. The maximum Gasteiger partial charge on any atom is 0.193 e. The molecule has 1 saturated heterocycles.